The molecule has 1 heterocycles. The Morgan fingerprint density at radius 1 is 1.14 bits per heavy atom. The van der Waals surface area contributed by atoms with Crippen molar-refractivity contribution in [3.8, 4) is 11.5 Å². The number of rotatable bonds is 6. The highest BCUT2D eigenvalue weighted by molar-refractivity contribution is 5.31. The molecule has 0 radical (unpaired) electrons. The molecule has 118 valence electrons. The van der Waals surface area contributed by atoms with E-state index < -0.39 is 6.10 Å². The summed E-state index contributed by atoms with van der Waals surface area (Å²) in [4.78, 5) is 2.35. The van der Waals surface area contributed by atoms with Gasteiger partial charge in [-0.05, 0) is 42.5 Å². The van der Waals surface area contributed by atoms with Crippen LogP contribution in [0.25, 0.3) is 0 Å². The van der Waals surface area contributed by atoms with Crippen LogP contribution < -0.4 is 9.47 Å². The van der Waals surface area contributed by atoms with Crippen molar-refractivity contribution in [1.29, 1.82) is 0 Å². The topological polar surface area (TPSA) is 41.9 Å². The van der Waals surface area contributed by atoms with Gasteiger partial charge in [0.1, 0.15) is 24.2 Å². The van der Waals surface area contributed by atoms with E-state index in [2.05, 4.69) is 18.7 Å². The molecule has 1 aromatic carbocycles. The Bertz CT molecular complexity index is 411. The minimum absolute atomic E-state index is 0.325. The van der Waals surface area contributed by atoms with Crippen LogP contribution in [0.15, 0.2) is 24.3 Å². The fourth-order valence-electron chi connectivity index (χ4n) is 3.16. The van der Waals surface area contributed by atoms with E-state index in [9.17, 15) is 5.11 Å². The highest BCUT2D eigenvalue weighted by atomic mass is 16.5. The molecule has 0 aromatic heterocycles. The molecular weight excluding hydrogens is 266 g/mol. The first-order valence-corrected chi connectivity index (χ1v) is 7.74. The monoisotopic (exact) mass is 293 g/mol. The van der Waals surface area contributed by atoms with E-state index in [0.717, 1.165) is 24.6 Å². The van der Waals surface area contributed by atoms with Gasteiger partial charge in [-0.2, -0.15) is 0 Å². The first-order valence-electron chi connectivity index (χ1n) is 7.74. The lowest BCUT2D eigenvalue weighted by Crippen LogP contribution is -2.43. The van der Waals surface area contributed by atoms with Crippen molar-refractivity contribution in [2.24, 2.45) is 11.8 Å². The average Bonchev–Trinajstić information content (AvgIpc) is 2.44. The number of hydrogen-bond acceptors (Lipinski definition) is 4. The summed E-state index contributed by atoms with van der Waals surface area (Å²) in [6.45, 7) is 7.72. The number of likely N-dealkylation sites (tertiary alicyclic amines) is 1. The van der Waals surface area contributed by atoms with E-state index in [0.29, 0.717) is 25.0 Å². The summed E-state index contributed by atoms with van der Waals surface area (Å²) in [5.41, 5.74) is 0. The fraction of sp³-hybridized carbons (Fsp3) is 0.647. The standard InChI is InChI=1S/C17H27NO3/c1-13-8-14(2)10-18(9-13)11-15(19)12-21-17-6-4-16(20-3)5-7-17/h4-7,13-15,19H,8-12H2,1-3H3. The molecule has 3 unspecified atom stereocenters. The predicted octanol–water partition coefficient (Wildman–Crippen LogP) is 2.41. The Kier molecular flexibility index (Phi) is 5.88. The van der Waals surface area contributed by atoms with Gasteiger partial charge >= 0.3 is 0 Å². The number of piperidine rings is 1. The lowest BCUT2D eigenvalue weighted by molar-refractivity contribution is 0.0429. The summed E-state index contributed by atoms with van der Waals surface area (Å²) in [5, 5.41) is 10.1. The molecule has 0 bridgehead atoms. The van der Waals surface area contributed by atoms with Gasteiger partial charge in [0, 0.05) is 19.6 Å². The molecule has 1 saturated heterocycles. The molecule has 0 spiro atoms. The van der Waals surface area contributed by atoms with Gasteiger partial charge in [-0.15, -0.1) is 0 Å². The van der Waals surface area contributed by atoms with E-state index in [1.54, 1.807) is 7.11 Å². The summed E-state index contributed by atoms with van der Waals surface area (Å²) in [6, 6.07) is 7.43. The van der Waals surface area contributed by atoms with Crippen molar-refractivity contribution in [3.63, 3.8) is 0 Å². The van der Waals surface area contributed by atoms with Crippen LogP contribution in [0.2, 0.25) is 0 Å². The largest absolute Gasteiger partial charge is 0.497 e. The lowest BCUT2D eigenvalue weighted by atomic mass is 9.92. The van der Waals surface area contributed by atoms with Crippen molar-refractivity contribution in [3.05, 3.63) is 24.3 Å². The molecule has 4 nitrogen and oxygen atoms in total. The normalized spacial score (nSPS) is 24.6. The van der Waals surface area contributed by atoms with Gasteiger partial charge < -0.3 is 19.5 Å². The molecule has 21 heavy (non-hydrogen) atoms. The average molecular weight is 293 g/mol. The maximum atomic E-state index is 10.1. The van der Waals surface area contributed by atoms with Crippen LogP contribution >= 0.6 is 0 Å². The molecule has 1 aliphatic heterocycles. The SMILES string of the molecule is COc1ccc(OCC(O)CN2CC(C)CC(C)C2)cc1. The molecule has 2 rings (SSSR count). The number of aliphatic hydroxyl groups excluding tert-OH is 1. The zero-order valence-corrected chi connectivity index (χ0v) is 13.3. The summed E-state index contributed by atoms with van der Waals surface area (Å²) < 4.78 is 10.7. The quantitative estimate of drug-likeness (QED) is 0.874. The first-order chi connectivity index (χ1) is 10.1. The number of β-amino-alcohol motifs (C(OH)–C–C–N with tert-alkyl or cyclic N) is 1. The smallest absolute Gasteiger partial charge is 0.119 e. The van der Waals surface area contributed by atoms with Crippen LogP contribution in [0.5, 0.6) is 11.5 Å². The number of nitrogens with zero attached hydrogens (tertiary/aromatic N) is 1. The van der Waals surface area contributed by atoms with Crippen molar-refractivity contribution < 1.29 is 14.6 Å². The number of methoxy groups -OCH3 is 1. The molecule has 0 amide bonds. The minimum atomic E-state index is -0.454. The second-order valence-corrected chi connectivity index (χ2v) is 6.30. The molecule has 4 heteroatoms. The number of aliphatic hydroxyl groups is 1. The molecule has 1 aliphatic rings. The van der Waals surface area contributed by atoms with Gasteiger partial charge in [-0.25, -0.2) is 0 Å². The van der Waals surface area contributed by atoms with E-state index >= 15 is 0 Å². The second-order valence-electron chi connectivity index (χ2n) is 6.30. The molecule has 1 N–H and O–H groups in total. The molecule has 1 aromatic rings. The molecule has 0 saturated carbocycles. The Balaban J connectivity index is 1.74. The van der Waals surface area contributed by atoms with Crippen LogP contribution in [-0.2, 0) is 0 Å². The van der Waals surface area contributed by atoms with Crippen LogP contribution in [0.3, 0.4) is 0 Å². The molecular formula is C17H27NO3. The third-order valence-corrected chi connectivity index (χ3v) is 3.92. The van der Waals surface area contributed by atoms with Crippen molar-refractivity contribution >= 4 is 0 Å². The maximum absolute atomic E-state index is 10.1. The van der Waals surface area contributed by atoms with Gasteiger partial charge in [0.05, 0.1) is 7.11 Å². The van der Waals surface area contributed by atoms with Crippen LogP contribution in [-0.4, -0.2) is 49.5 Å². The molecule has 3 atom stereocenters. The highest BCUT2D eigenvalue weighted by Gasteiger charge is 2.23. The van der Waals surface area contributed by atoms with E-state index in [1.807, 2.05) is 24.3 Å². The Morgan fingerprint density at radius 2 is 1.71 bits per heavy atom. The zero-order chi connectivity index (χ0) is 15.2. The Hall–Kier alpha value is -1.26. The third-order valence-electron chi connectivity index (χ3n) is 3.92. The van der Waals surface area contributed by atoms with Gasteiger partial charge in [0.2, 0.25) is 0 Å². The Labute approximate surface area is 127 Å². The summed E-state index contributed by atoms with van der Waals surface area (Å²) in [7, 11) is 1.64. The minimum Gasteiger partial charge on any atom is -0.497 e. The van der Waals surface area contributed by atoms with Gasteiger partial charge in [0.25, 0.3) is 0 Å². The molecule has 0 aliphatic carbocycles. The number of benzene rings is 1. The van der Waals surface area contributed by atoms with Crippen LogP contribution in [0, 0.1) is 11.8 Å². The third kappa shape index (κ3) is 5.21. The fourth-order valence-corrected chi connectivity index (χ4v) is 3.16. The first kappa shape index (κ1) is 16.1. The van der Waals surface area contributed by atoms with Gasteiger partial charge in [-0.1, -0.05) is 13.8 Å². The van der Waals surface area contributed by atoms with Crippen molar-refractivity contribution in [2.75, 3.05) is 33.4 Å². The maximum Gasteiger partial charge on any atom is 0.119 e. The van der Waals surface area contributed by atoms with Crippen molar-refractivity contribution in [1.82, 2.24) is 4.90 Å². The van der Waals surface area contributed by atoms with Crippen molar-refractivity contribution in [2.45, 2.75) is 26.4 Å². The van der Waals surface area contributed by atoms with Gasteiger partial charge in [0.15, 0.2) is 0 Å². The number of ether oxygens (including phenoxy) is 2. The zero-order valence-electron chi connectivity index (χ0n) is 13.3. The predicted molar refractivity (Wildman–Crippen MR) is 83.9 cm³/mol. The second kappa shape index (κ2) is 7.66. The van der Waals surface area contributed by atoms with E-state index in [-0.39, 0.29) is 0 Å². The van der Waals surface area contributed by atoms with Gasteiger partial charge in [-0.3, -0.25) is 0 Å². The Morgan fingerprint density at radius 3 is 2.29 bits per heavy atom. The number of hydrogen-bond donors (Lipinski definition) is 1. The van der Waals surface area contributed by atoms with Crippen LogP contribution in [0.1, 0.15) is 20.3 Å². The highest BCUT2D eigenvalue weighted by Crippen LogP contribution is 2.21. The lowest BCUT2D eigenvalue weighted by Gasteiger charge is -2.35. The van der Waals surface area contributed by atoms with Crippen LogP contribution in [0.4, 0.5) is 0 Å². The summed E-state index contributed by atoms with van der Waals surface area (Å²) in [5.74, 6) is 2.99. The van der Waals surface area contributed by atoms with E-state index in [4.69, 9.17) is 9.47 Å². The summed E-state index contributed by atoms with van der Waals surface area (Å²) >= 11 is 0. The molecule has 1 fully saturated rings. The summed E-state index contributed by atoms with van der Waals surface area (Å²) in [6.07, 6.45) is 0.833. The van der Waals surface area contributed by atoms with E-state index in [1.165, 1.54) is 6.42 Å².